The highest BCUT2D eigenvalue weighted by Crippen LogP contribution is 2.61. The van der Waals surface area contributed by atoms with Crippen LogP contribution in [0.5, 0.6) is 0 Å². The molecule has 6 rings (SSSR count). The van der Waals surface area contributed by atoms with Gasteiger partial charge in [-0.2, -0.15) is 0 Å². The van der Waals surface area contributed by atoms with Crippen LogP contribution in [0.3, 0.4) is 0 Å². The van der Waals surface area contributed by atoms with E-state index in [1.165, 1.54) is 0 Å². The molecular weight excluding hydrogens is 596 g/mol. The zero-order valence-electron chi connectivity index (χ0n) is 27.3. The van der Waals surface area contributed by atoms with Crippen LogP contribution in [0.4, 0.5) is 11.4 Å². The summed E-state index contributed by atoms with van der Waals surface area (Å²) in [6.07, 6.45) is 8.72. The number of fused-ring (bicyclic) bond motifs is 2. The van der Waals surface area contributed by atoms with E-state index in [1.54, 1.807) is 21.6 Å². The number of carbonyl (C=O) groups excluding carboxylic acids is 3. The Labute approximate surface area is 277 Å². The van der Waals surface area contributed by atoms with E-state index >= 15 is 0 Å². The van der Waals surface area contributed by atoms with Gasteiger partial charge in [0.15, 0.2) is 0 Å². The molecule has 8 nitrogen and oxygen atoms in total. The molecule has 2 aromatic carbocycles. The van der Waals surface area contributed by atoms with E-state index in [-0.39, 0.29) is 35.5 Å². The molecule has 1 spiro atoms. The summed E-state index contributed by atoms with van der Waals surface area (Å²) in [5.41, 5.74) is 2.89. The van der Waals surface area contributed by atoms with Gasteiger partial charge in [0.25, 0.3) is 5.91 Å². The number of aliphatic hydroxyl groups excluding tert-OH is 1. The molecule has 2 fully saturated rings. The van der Waals surface area contributed by atoms with Crippen LogP contribution < -0.4 is 9.80 Å². The van der Waals surface area contributed by atoms with Crippen LogP contribution in [0.15, 0.2) is 78.9 Å². The second-order valence-electron chi connectivity index (χ2n) is 13.2. The minimum absolute atomic E-state index is 0.0551. The predicted molar refractivity (Wildman–Crippen MR) is 185 cm³/mol. The van der Waals surface area contributed by atoms with Crippen molar-refractivity contribution in [3.8, 4) is 0 Å². The number of anilines is 2. The fourth-order valence-corrected chi connectivity index (χ4v) is 9.95. The van der Waals surface area contributed by atoms with Gasteiger partial charge in [0.05, 0.1) is 29.2 Å². The fourth-order valence-electron chi connectivity index (χ4n) is 7.95. The van der Waals surface area contributed by atoms with Crippen molar-refractivity contribution in [2.24, 2.45) is 17.8 Å². The average molecular weight is 643 g/mol. The Bertz CT molecular complexity index is 1490. The lowest BCUT2D eigenvalue weighted by Gasteiger charge is -2.39. The minimum atomic E-state index is -0.931. The van der Waals surface area contributed by atoms with Crippen LogP contribution in [-0.2, 0) is 20.9 Å². The van der Waals surface area contributed by atoms with Crippen LogP contribution in [0.25, 0.3) is 0 Å². The second-order valence-corrected chi connectivity index (χ2v) is 14.7. The normalized spacial score (nSPS) is 27.9. The Morgan fingerprint density at radius 2 is 1.65 bits per heavy atom. The van der Waals surface area contributed by atoms with Crippen molar-refractivity contribution in [3.63, 3.8) is 0 Å². The lowest BCUT2D eigenvalue weighted by Crippen LogP contribution is -2.57. The Kier molecular flexibility index (Phi) is 9.35. The zero-order valence-corrected chi connectivity index (χ0v) is 28.1. The van der Waals surface area contributed by atoms with Gasteiger partial charge < -0.3 is 24.7 Å². The molecule has 244 valence electrons. The third-order valence-corrected chi connectivity index (χ3v) is 11.8. The van der Waals surface area contributed by atoms with Gasteiger partial charge in [0.2, 0.25) is 11.8 Å². The maximum Gasteiger partial charge on any atom is 0.251 e. The van der Waals surface area contributed by atoms with Crippen LogP contribution >= 0.6 is 11.8 Å². The van der Waals surface area contributed by atoms with Gasteiger partial charge in [0, 0.05) is 49.3 Å². The number of hydrogen-bond donors (Lipinski definition) is 1. The van der Waals surface area contributed by atoms with Gasteiger partial charge in [-0.1, -0.05) is 68.5 Å². The molecule has 0 aliphatic carbocycles. The highest BCUT2D eigenvalue weighted by atomic mass is 32.2. The molecule has 0 radical (unpaired) electrons. The van der Waals surface area contributed by atoms with E-state index in [4.69, 9.17) is 0 Å². The van der Waals surface area contributed by atoms with Crippen LogP contribution in [0.1, 0.15) is 39.7 Å². The van der Waals surface area contributed by atoms with Crippen molar-refractivity contribution in [3.05, 3.63) is 84.5 Å². The van der Waals surface area contributed by atoms with Crippen molar-refractivity contribution in [2.45, 2.75) is 62.7 Å². The molecule has 4 aliphatic rings. The number of carbonyl (C=O) groups is 3. The van der Waals surface area contributed by atoms with E-state index in [1.807, 2.05) is 77.7 Å². The summed E-state index contributed by atoms with van der Waals surface area (Å²) in [6.45, 7) is 11.2. The van der Waals surface area contributed by atoms with Crippen LogP contribution in [0, 0.1) is 17.8 Å². The van der Waals surface area contributed by atoms with Crippen molar-refractivity contribution >= 4 is 40.9 Å². The summed E-state index contributed by atoms with van der Waals surface area (Å²) in [5, 5.41) is 10.4. The molecule has 1 N–H and O–H groups in total. The third-order valence-electron chi connectivity index (χ3n) is 10.0. The first-order valence-electron chi connectivity index (χ1n) is 16.7. The number of benzene rings is 2. The summed E-state index contributed by atoms with van der Waals surface area (Å²) >= 11 is 1.58. The van der Waals surface area contributed by atoms with Gasteiger partial charge in [-0.3, -0.25) is 14.4 Å². The van der Waals surface area contributed by atoms with Crippen LogP contribution in [-0.4, -0.2) is 87.5 Å². The first-order valence-corrected chi connectivity index (χ1v) is 17.6. The predicted octanol–water partition coefficient (Wildman–Crippen LogP) is 4.74. The Balaban J connectivity index is 1.40. The molecule has 1 unspecified atom stereocenters. The highest BCUT2D eigenvalue weighted by molar-refractivity contribution is 8.02. The summed E-state index contributed by atoms with van der Waals surface area (Å²) < 4.78 is -0.931. The van der Waals surface area contributed by atoms with Gasteiger partial charge in [-0.25, -0.2) is 0 Å². The first-order chi connectivity index (χ1) is 22.2. The van der Waals surface area contributed by atoms with E-state index in [2.05, 4.69) is 38.7 Å². The molecule has 4 heterocycles. The summed E-state index contributed by atoms with van der Waals surface area (Å²) in [7, 11) is 0. The van der Waals surface area contributed by atoms with E-state index in [0.29, 0.717) is 26.1 Å². The van der Waals surface area contributed by atoms with Gasteiger partial charge in [-0.15, -0.1) is 11.8 Å². The molecular formula is C37H46N4O4S. The number of thioether (sulfide) groups is 1. The van der Waals surface area contributed by atoms with Gasteiger partial charge >= 0.3 is 0 Å². The molecule has 0 bridgehead atoms. The SMILES string of the molecule is CCN(CC)c1ccc(N2CC=C[C@]34S[C@@H]5C=CCN(Cc6ccccc6)C(=O)[C@@H]5[C@H]3C(=O)N([C@@H](CO)CC(C)C)C4C2=O)cc1. The first kappa shape index (κ1) is 32.4. The van der Waals surface area contributed by atoms with Gasteiger partial charge in [-0.05, 0) is 56.0 Å². The number of nitrogens with zero attached hydrogens (tertiary/aromatic N) is 4. The van der Waals surface area contributed by atoms with Crippen LogP contribution in [0.2, 0.25) is 0 Å². The molecule has 0 saturated carbocycles. The fraction of sp³-hybridized carbons (Fsp3) is 0.486. The quantitative estimate of drug-likeness (QED) is 0.377. The lowest BCUT2D eigenvalue weighted by atomic mass is 9.78. The monoisotopic (exact) mass is 642 g/mol. The Morgan fingerprint density at radius 1 is 0.935 bits per heavy atom. The topological polar surface area (TPSA) is 84.4 Å². The third kappa shape index (κ3) is 5.55. The molecule has 9 heteroatoms. The van der Waals surface area contributed by atoms with E-state index < -0.39 is 28.7 Å². The smallest absolute Gasteiger partial charge is 0.251 e. The van der Waals surface area contributed by atoms with Crippen molar-refractivity contribution in [2.75, 3.05) is 42.6 Å². The molecule has 46 heavy (non-hydrogen) atoms. The average Bonchev–Trinajstić information content (AvgIpc) is 3.38. The molecule has 6 atom stereocenters. The summed E-state index contributed by atoms with van der Waals surface area (Å²) in [4.78, 5) is 51.7. The number of likely N-dealkylation sites (tertiary alicyclic amines) is 1. The number of hydrogen-bond acceptors (Lipinski definition) is 6. The maximum atomic E-state index is 14.9. The highest BCUT2D eigenvalue weighted by Gasteiger charge is 2.71. The largest absolute Gasteiger partial charge is 0.394 e. The van der Waals surface area contributed by atoms with Crippen molar-refractivity contribution in [1.29, 1.82) is 0 Å². The number of aliphatic hydroxyl groups is 1. The van der Waals surface area contributed by atoms with E-state index in [0.717, 1.165) is 30.0 Å². The Morgan fingerprint density at radius 3 is 2.30 bits per heavy atom. The standard InChI is InChI=1S/C37H46N4O4S/c1-5-38(6-2)27-15-17-28(18-16-27)40-21-11-19-37-32(35(44)41(33(37)36(40)45)29(24-42)22-25(3)4)31-30(46-37)14-10-20-39(34(31)43)23-26-12-8-7-9-13-26/h7-19,25,29-33,42H,5-6,20-24H2,1-4H3/t29-,30-,31+,32+,33?,37+/m1/s1. The number of amides is 3. The molecule has 0 aromatic heterocycles. The second kappa shape index (κ2) is 13.3. The minimum Gasteiger partial charge on any atom is -0.394 e. The Hall–Kier alpha value is -3.56. The molecule has 2 saturated heterocycles. The summed E-state index contributed by atoms with van der Waals surface area (Å²) in [5.74, 6) is -1.55. The zero-order chi connectivity index (χ0) is 32.6. The lowest BCUT2D eigenvalue weighted by molar-refractivity contribution is -0.145. The summed E-state index contributed by atoms with van der Waals surface area (Å²) in [6, 6.07) is 16.6. The molecule has 4 aliphatic heterocycles. The number of rotatable bonds is 10. The maximum absolute atomic E-state index is 14.9. The van der Waals surface area contributed by atoms with Crippen molar-refractivity contribution in [1.82, 2.24) is 9.80 Å². The molecule has 3 amide bonds. The van der Waals surface area contributed by atoms with Crippen molar-refractivity contribution < 1.29 is 19.5 Å². The molecule has 2 aromatic rings. The van der Waals surface area contributed by atoms with E-state index in [9.17, 15) is 19.5 Å². The van der Waals surface area contributed by atoms with Gasteiger partial charge in [0.1, 0.15) is 6.04 Å².